The Morgan fingerprint density at radius 3 is 2.74 bits per heavy atom. The minimum atomic E-state index is -0.367. The molecule has 1 aliphatic carbocycles. The lowest BCUT2D eigenvalue weighted by atomic mass is 10.1. The van der Waals surface area contributed by atoms with Crippen molar-refractivity contribution in [3.8, 4) is 6.07 Å². The van der Waals surface area contributed by atoms with Gasteiger partial charge in [0.25, 0.3) is 11.8 Å². The summed E-state index contributed by atoms with van der Waals surface area (Å²) in [4.78, 5) is 34.8. The zero-order valence-electron chi connectivity index (χ0n) is 18.5. The van der Waals surface area contributed by atoms with Crippen LogP contribution in [0.5, 0.6) is 0 Å². The zero-order valence-corrected chi connectivity index (χ0v) is 19.3. The quantitative estimate of drug-likeness (QED) is 0.457. The number of rotatable bonds is 5. The summed E-state index contributed by atoms with van der Waals surface area (Å²) in [6.45, 7) is 2.44. The molecular weight excluding hydrogens is 446 g/mol. The highest BCUT2D eigenvalue weighted by Crippen LogP contribution is 2.32. The van der Waals surface area contributed by atoms with Gasteiger partial charge in [-0.15, -0.1) is 11.3 Å². The number of fused-ring (bicyclic) bond motifs is 2. The monoisotopic (exact) mass is 467 g/mol. The smallest absolute Gasteiger partial charge is 0.270 e. The Kier molecular flexibility index (Phi) is 5.78. The molecule has 7 nitrogen and oxygen atoms in total. The van der Waals surface area contributed by atoms with E-state index in [9.17, 15) is 9.59 Å². The summed E-state index contributed by atoms with van der Waals surface area (Å²) in [7, 11) is 0. The molecule has 0 saturated heterocycles. The molecule has 2 amide bonds. The summed E-state index contributed by atoms with van der Waals surface area (Å²) in [5.74, 6) is -0.730. The van der Waals surface area contributed by atoms with E-state index in [1.807, 2.05) is 18.2 Å². The van der Waals surface area contributed by atoms with Gasteiger partial charge in [0, 0.05) is 22.2 Å². The Hall–Kier alpha value is -4.09. The van der Waals surface area contributed by atoms with Crippen LogP contribution in [0.4, 0.5) is 0 Å². The van der Waals surface area contributed by atoms with E-state index in [4.69, 9.17) is 5.26 Å². The number of thiophene rings is 1. The molecule has 0 aliphatic heterocycles. The van der Waals surface area contributed by atoms with Gasteiger partial charge in [0.1, 0.15) is 17.7 Å². The molecule has 5 rings (SSSR count). The number of nitrogens with one attached hydrogen (secondary N) is 2. The molecule has 0 bridgehead atoms. The van der Waals surface area contributed by atoms with E-state index < -0.39 is 0 Å². The third-order valence-corrected chi connectivity index (χ3v) is 6.96. The minimum Gasteiger partial charge on any atom is -0.347 e. The molecule has 0 radical (unpaired) electrons. The fourth-order valence-corrected chi connectivity index (χ4v) is 5.25. The van der Waals surface area contributed by atoms with Gasteiger partial charge in [-0.3, -0.25) is 9.59 Å². The maximum atomic E-state index is 12.8. The Morgan fingerprint density at radius 1 is 1.09 bits per heavy atom. The summed E-state index contributed by atoms with van der Waals surface area (Å²) < 4.78 is 1.18. The van der Waals surface area contributed by atoms with Crippen molar-refractivity contribution in [3.63, 3.8) is 0 Å². The van der Waals surface area contributed by atoms with Gasteiger partial charge in [-0.05, 0) is 66.1 Å². The first-order valence-corrected chi connectivity index (χ1v) is 11.7. The number of nitrogens with zero attached hydrogens (tertiary/aromatic N) is 3. The zero-order chi connectivity index (χ0) is 23.7. The van der Waals surface area contributed by atoms with Gasteiger partial charge in [0.05, 0.1) is 17.7 Å². The van der Waals surface area contributed by atoms with E-state index in [2.05, 4.69) is 51.8 Å². The van der Waals surface area contributed by atoms with Crippen LogP contribution in [0.1, 0.15) is 60.6 Å². The van der Waals surface area contributed by atoms with Gasteiger partial charge in [0.15, 0.2) is 0 Å². The number of hydrogen-bond donors (Lipinski definition) is 2. The lowest BCUT2D eigenvalue weighted by Gasteiger charge is -2.14. The molecule has 0 unspecified atom stereocenters. The number of aromatic nitrogens is 2. The average molecular weight is 468 g/mol. The molecule has 2 aromatic carbocycles. The first-order chi connectivity index (χ1) is 16.5. The Balaban J connectivity index is 1.24. The van der Waals surface area contributed by atoms with E-state index in [1.165, 1.54) is 27.4 Å². The predicted octanol–water partition coefficient (Wildman–Crippen LogP) is 4.22. The number of nitriles is 1. The SMILES string of the molecule is Cc1cc2ccc(CNC(=O)c3cc(C(=O)N[C@H]4CCc5cc(C#N)ccc54)ncn3)cc2s1. The van der Waals surface area contributed by atoms with Gasteiger partial charge in [-0.2, -0.15) is 5.26 Å². The second kappa shape index (κ2) is 9.04. The van der Waals surface area contributed by atoms with Crippen molar-refractivity contribution in [1.29, 1.82) is 5.26 Å². The third-order valence-electron chi connectivity index (χ3n) is 5.95. The largest absolute Gasteiger partial charge is 0.347 e. The molecular formula is C26H21N5O2S. The molecule has 1 atom stereocenters. The number of aryl methyl sites for hydroxylation is 2. The number of benzene rings is 2. The van der Waals surface area contributed by atoms with E-state index in [-0.39, 0.29) is 29.2 Å². The maximum absolute atomic E-state index is 12.8. The Labute approximate surface area is 200 Å². The lowest BCUT2D eigenvalue weighted by Crippen LogP contribution is -2.29. The minimum absolute atomic E-state index is 0.137. The second-order valence-electron chi connectivity index (χ2n) is 8.29. The van der Waals surface area contributed by atoms with Crippen molar-refractivity contribution < 1.29 is 9.59 Å². The second-order valence-corrected chi connectivity index (χ2v) is 9.58. The average Bonchev–Trinajstić information content (AvgIpc) is 3.43. The van der Waals surface area contributed by atoms with Gasteiger partial charge >= 0.3 is 0 Å². The molecule has 0 spiro atoms. The van der Waals surface area contributed by atoms with Crippen LogP contribution in [0.15, 0.2) is 54.9 Å². The fourth-order valence-electron chi connectivity index (χ4n) is 4.27. The van der Waals surface area contributed by atoms with Crippen molar-refractivity contribution in [3.05, 3.63) is 93.4 Å². The molecule has 2 aromatic heterocycles. The van der Waals surface area contributed by atoms with Crippen molar-refractivity contribution in [2.24, 2.45) is 0 Å². The van der Waals surface area contributed by atoms with E-state index >= 15 is 0 Å². The van der Waals surface area contributed by atoms with Crippen molar-refractivity contribution in [2.45, 2.75) is 32.4 Å². The van der Waals surface area contributed by atoms with E-state index in [0.717, 1.165) is 29.5 Å². The van der Waals surface area contributed by atoms with Crippen LogP contribution in [-0.2, 0) is 13.0 Å². The van der Waals surface area contributed by atoms with Crippen molar-refractivity contribution in [1.82, 2.24) is 20.6 Å². The summed E-state index contributed by atoms with van der Waals surface area (Å²) >= 11 is 1.72. The van der Waals surface area contributed by atoms with Crippen molar-refractivity contribution >= 4 is 33.2 Å². The number of hydrogen-bond acceptors (Lipinski definition) is 6. The summed E-state index contributed by atoms with van der Waals surface area (Å²) in [5, 5.41) is 16.1. The Bertz CT molecular complexity index is 1470. The number of amides is 2. The first kappa shape index (κ1) is 21.7. The van der Waals surface area contributed by atoms with Crippen LogP contribution < -0.4 is 10.6 Å². The molecule has 0 saturated carbocycles. The fraction of sp³-hybridized carbons (Fsp3) is 0.192. The molecule has 1 aliphatic rings. The first-order valence-electron chi connectivity index (χ1n) is 10.9. The van der Waals surface area contributed by atoms with E-state index in [0.29, 0.717) is 12.1 Å². The summed E-state index contributed by atoms with van der Waals surface area (Å²) in [6, 6.07) is 17.2. The number of carbonyl (C=O) groups excluding carboxylic acids is 2. The Morgan fingerprint density at radius 2 is 1.91 bits per heavy atom. The maximum Gasteiger partial charge on any atom is 0.270 e. The highest BCUT2D eigenvalue weighted by molar-refractivity contribution is 7.19. The van der Waals surface area contributed by atoms with Crippen LogP contribution in [0, 0.1) is 18.3 Å². The predicted molar refractivity (Wildman–Crippen MR) is 129 cm³/mol. The van der Waals surface area contributed by atoms with Crippen LogP contribution in [0.3, 0.4) is 0 Å². The lowest BCUT2D eigenvalue weighted by molar-refractivity contribution is 0.0931. The highest BCUT2D eigenvalue weighted by atomic mass is 32.1. The highest BCUT2D eigenvalue weighted by Gasteiger charge is 2.25. The molecule has 2 heterocycles. The topological polar surface area (TPSA) is 108 Å². The molecule has 34 heavy (non-hydrogen) atoms. The van der Waals surface area contributed by atoms with Crippen LogP contribution >= 0.6 is 11.3 Å². The summed E-state index contributed by atoms with van der Waals surface area (Å²) in [6.07, 6.45) is 2.78. The molecule has 8 heteroatoms. The van der Waals surface area contributed by atoms with Crippen LogP contribution in [-0.4, -0.2) is 21.8 Å². The standard InChI is InChI=1S/C26H21N5O2S/c1-15-8-19-4-2-17(10-24(19)34-15)13-28-25(32)22-11-23(30-14-29-22)26(33)31-21-7-5-18-9-16(12-27)3-6-20(18)21/h2-4,6,8-11,14,21H,5,7,13H2,1H3,(H,28,32)(H,31,33)/t21-/m0/s1. The van der Waals surface area contributed by atoms with Crippen LogP contribution in [0.2, 0.25) is 0 Å². The normalized spacial score (nSPS) is 14.4. The van der Waals surface area contributed by atoms with Crippen LogP contribution in [0.25, 0.3) is 10.1 Å². The van der Waals surface area contributed by atoms with E-state index in [1.54, 1.807) is 17.4 Å². The molecule has 168 valence electrons. The van der Waals surface area contributed by atoms with Gasteiger partial charge in [-0.25, -0.2) is 9.97 Å². The third kappa shape index (κ3) is 4.38. The van der Waals surface area contributed by atoms with Gasteiger partial charge in [0.2, 0.25) is 0 Å². The van der Waals surface area contributed by atoms with Crippen molar-refractivity contribution in [2.75, 3.05) is 0 Å². The summed E-state index contributed by atoms with van der Waals surface area (Å²) in [5.41, 5.74) is 3.97. The molecule has 4 aromatic rings. The van der Waals surface area contributed by atoms with Gasteiger partial charge < -0.3 is 10.6 Å². The van der Waals surface area contributed by atoms with Gasteiger partial charge in [-0.1, -0.05) is 18.2 Å². The molecule has 0 fully saturated rings. The molecule has 2 N–H and O–H groups in total. The number of carbonyl (C=O) groups is 2.